The minimum absolute atomic E-state index is 0.0648. The summed E-state index contributed by atoms with van der Waals surface area (Å²) < 4.78 is 17.0. The summed E-state index contributed by atoms with van der Waals surface area (Å²) in [5.41, 5.74) is 0. The first kappa shape index (κ1) is 80.6. The number of carbonyl (C=O) groups is 3. The van der Waals surface area contributed by atoms with Gasteiger partial charge in [0.05, 0.1) is 0 Å². The Morgan fingerprint density at radius 3 is 0.675 bits per heavy atom. The van der Waals surface area contributed by atoms with Gasteiger partial charge in [-0.1, -0.05) is 378 Å². The summed E-state index contributed by atoms with van der Waals surface area (Å²) in [7, 11) is 0. The third-order valence-electron chi connectivity index (χ3n) is 17.1. The van der Waals surface area contributed by atoms with Crippen LogP contribution >= 0.6 is 0 Å². The van der Waals surface area contributed by atoms with Crippen LogP contribution in [-0.2, 0) is 28.6 Å². The molecule has 0 saturated carbocycles. The average Bonchev–Trinajstić information content (AvgIpc) is 3.49. The second-order valence-corrected chi connectivity index (χ2v) is 25.6. The molecule has 0 aromatic heterocycles. The lowest BCUT2D eigenvalue weighted by atomic mass is 10.0. The minimum atomic E-state index is -0.769. The van der Waals surface area contributed by atoms with Crippen LogP contribution in [0.5, 0.6) is 0 Å². The van der Waals surface area contributed by atoms with Gasteiger partial charge in [0, 0.05) is 19.3 Å². The highest BCUT2D eigenvalue weighted by Crippen LogP contribution is 2.19. The molecule has 0 fully saturated rings. The molecule has 0 amide bonds. The second-order valence-electron chi connectivity index (χ2n) is 25.6. The highest BCUT2D eigenvalue weighted by molar-refractivity contribution is 5.71. The Labute approximate surface area is 518 Å². The van der Waals surface area contributed by atoms with Crippen LogP contribution in [0.15, 0.2) is 36.5 Å². The summed E-state index contributed by atoms with van der Waals surface area (Å²) in [6.07, 6.45) is 90.4. The molecule has 0 aromatic carbocycles. The van der Waals surface area contributed by atoms with Crippen molar-refractivity contribution in [1.82, 2.24) is 0 Å². The van der Waals surface area contributed by atoms with Crippen LogP contribution in [0.4, 0.5) is 0 Å². The van der Waals surface area contributed by atoms with Gasteiger partial charge in [0.2, 0.25) is 0 Å². The summed E-state index contributed by atoms with van der Waals surface area (Å²) in [6, 6.07) is 0. The van der Waals surface area contributed by atoms with Crippen molar-refractivity contribution in [1.29, 1.82) is 0 Å². The van der Waals surface area contributed by atoms with Crippen LogP contribution < -0.4 is 0 Å². The smallest absolute Gasteiger partial charge is 0.306 e. The molecule has 0 aliphatic heterocycles. The van der Waals surface area contributed by atoms with E-state index in [9.17, 15) is 14.4 Å². The number of allylic oxidation sites excluding steroid dienone is 6. The predicted octanol–water partition coefficient (Wildman–Crippen LogP) is 25.9. The summed E-state index contributed by atoms with van der Waals surface area (Å²) in [5.74, 6) is -0.830. The zero-order chi connectivity index (χ0) is 59.9. The quantitative estimate of drug-likeness (QED) is 0.0261. The molecule has 0 bridgehead atoms. The number of hydrogen-bond acceptors (Lipinski definition) is 6. The first-order valence-electron chi connectivity index (χ1n) is 37.5. The standard InChI is InChI=1S/C77H144O6/c1-4-7-10-13-16-19-22-25-28-30-32-34-35-36-37-38-39-40-41-43-44-46-49-52-55-58-61-64-67-70-76(79)82-73-74(72-81-75(78)69-66-63-60-57-54-51-48-27-24-21-18-15-12-9-6-3)83-77(80)71-68-65-62-59-56-53-50-47-45-42-33-31-29-26-23-20-17-14-11-8-5-2/h22,25,30,32,35-36,74H,4-21,23-24,26-29,31,33-34,37-73H2,1-3H3/b25-22-,32-30-,36-35-. The predicted molar refractivity (Wildman–Crippen MR) is 362 cm³/mol. The number of carbonyl (C=O) groups excluding carboxylic acids is 3. The molecule has 0 heterocycles. The molecule has 0 aromatic rings. The summed E-state index contributed by atoms with van der Waals surface area (Å²) in [5, 5.41) is 0. The van der Waals surface area contributed by atoms with Crippen LogP contribution in [0.1, 0.15) is 419 Å². The van der Waals surface area contributed by atoms with E-state index in [0.717, 1.165) is 70.6 Å². The zero-order valence-corrected chi connectivity index (χ0v) is 56.2. The van der Waals surface area contributed by atoms with E-state index in [1.165, 1.54) is 308 Å². The van der Waals surface area contributed by atoms with Gasteiger partial charge in [-0.15, -0.1) is 0 Å². The lowest BCUT2D eigenvalue weighted by Crippen LogP contribution is -2.30. The van der Waals surface area contributed by atoms with Crippen LogP contribution in [0.25, 0.3) is 0 Å². The molecular formula is C77H144O6. The first-order valence-corrected chi connectivity index (χ1v) is 37.5. The number of unbranched alkanes of at least 4 members (excludes halogenated alkanes) is 53. The molecule has 83 heavy (non-hydrogen) atoms. The largest absolute Gasteiger partial charge is 0.462 e. The lowest BCUT2D eigenvalue weighted by Gasteiger charge is -2.18. The SMILES string of the molecule is CCCCCCC/C=C\C/C=C\C/C=C\CCCCCCCCCCCCCCCCC(=O)OCC(COC(=O)CCCCCCCCCCCCCCCCC)OC(=O)CCCCCCCCCCCCCCCCCCCCCCC. The van der Waals surface area contributed by atoms with E-state index < -0.39 is 6.10 Å². The molecule has 0 spiro atoms. The maximum absolute atomic E-state index is 13.0. The van der Waals surface area contributed by atoms with Gasteiger partial charge in [-0.25, -0.2) is 0 Å². The highest BCUT2D eigenvalue weighted by Gasteiger charge is 2.20. The zero-order valence-electron chi connectivity index (χ0n) is 56.2. The third-order valence-corrected chi connectivity index (χ3v) is 17.1. The van der Waals surface area contributed by atoms with E-state index in [1.54, 1.807) is 0 Å². The van der Waals surface area contributed by atoms with Crippen molar-refractivity contribution in [3.05, 3.63) is 36.5 Å². The van der Waals surface area contributed by atoms with Crippen LogP contribution in [0.2, 0.25) is 0 Å². The fraction of sp³-hybridized carbons (Fsp3) is 0.883. The Balaban J connectivity index is 4.22. The maximum atomic E-state index is 13.0. The Morgan fingerprint density at radius 2 is 0.434 bits per heavy atom. The summed E-state index contributed by atoms with van der Waals surface area (Å²) in [4.78, 5) is 38.5. The fourth-order valence-electron chi connectivity index (χ4n) is 11.5. The van der Waals surface area contributed by atoms with Gasteiger partial charge < -0.3 is 14.2 Å². The third kappa shape index (κ3) is 70.3. The second kappa shape index (κ2) is 72.1. The Hall–Kier alpha value is -2.37. The first-order chi connectivity index (χ1) is 41.0. The van der Waals surface area contributed by atoms with Gasteiger partial charge in [-0.2, -0.15) is 0 Å². The Bertz CT molecular complexity index is 1380. The molecule has 488 valence electrons. The van der Waals surface area contributed by atoms with Crippen molar-refractivity contribution >= 4 is 17.9 Å². The number of esters is 3. The van der Waals surface area contributed by atoms with Gasteiger partial charge in [0.1, 0.15) is 13.2 Å². The molecule has 0 rings (SSSR count). The topological polar surface area (TPSA) is 78.9 Å². The number of ether oxygens (including phenoxy) is 3. The van der Waals surface area contributed by atoms with Crippen molar-refractivity contribution in [3.63, 3.8) is 0 Å². The van der Waals surface area contributed by atoms with Crippen LogP contribution in [0.3, 0.4) is 0 Å². The molecule has 0 aliphatic rings. The molecule has 6 heteroatoms. The monoisotopic (exact) mass is 1170 g/mol. The van der Waals surface area contributed by atoms with E-state index >= 15 is 0 Å². The maximum Gasteiger partial charge on any atom is 0.306 e. The molecule has 1 unspecified atom stereocenters. The van der Waals surface area contributed by atoms with E-state index in [4.69, 9.17) is 14.2 Å². The molecule has 0 aliphatic carbocycles. The summed E-state index contributed by atoms with van der Waals surface area (Å²) in [6.45, 7) is 6.72. The van der Waals surface area contributed by atoms with Crippen molar-refractivity contribution in [2.75, 3.05) is 13.2 Å². The van der Waals surface area contributed by atoms with Crippen LogP contribution in [0, 0.1) is 0 Å². The van der Waals surface area contributed by atoms with E-state index in [-0.39, 0.29) is 31.1 Å². The molecule has 0 radical (unpaired) electrons. The van der Waals surface area contributed by atoms with Gasteiger partial charge in [-0.05, 0) is 57.8 Å². The van der Waals surface area contributed by atoms with E-state index in [0.29, 0.717) is 19.3 Å². The van der Waals surface area contributed by atoms with Gasteiger partial charge in [-0.3, -0.25) is 14.4 Å². The van der Waals surface area contributed by atoms with Crippen molar-refractivity contribution in [2.24, 2.45) is 0 Å². The van der Waals surface area contributed by atoms with Crippen LogP contribution in [-0.4, -0.2) is 37.2 Å². The minimum Gasteiger partial charge on any atom is -0.462 e. The van der Waals surface area contributed by atoms with Gasteiger partial charge >= 0.3 is 17.9 Å². The lowest BCUT2D eigenvalue weighted by molar-refractivity contribution is -0.167. The van der Waals surface area contributed by atoms with Crippen molar-refractivity contribution < 1.29 is 28.6 Å². The number of hydrogen-bond donors (Lipinski definition) is 0. The average molecular weight is 1170 g/mol. The normalized spacial score (nSPS) is 12.2. The highest BCUT2D eigenvalue weighted by atomic mass is 16.6. The van der Waals surface area contributed by atoms with Gasteiger partial charge in [0.15, 0.2) is 6.10 Å². The fourth-order valence-corrected chi connectivity index (χ4v) is 11.5. The van der Waals surface area contributed by atoms with E-state index in [1.807, 2.05) is 0 Å². The summed E-state index contributed by atoms with van der Waals surface area (Å²) >= 11 is 0. The van der Waals surface area contributed by atoms with Gasteiger partial charge in [0.25, 0.3) is 0 Å². The number of rotatable bonds is 70. The Kier molecular flexibility index (Phi) is 70.0. The molecule has 1 atom stereocenters. The molecule has 0 N–H and O–H groups in total. The van der Waals surface area contributed by atoms with E-state index in [2.05, 4.69) is 57.2 Å². The molecule has 0 saturated heterocycles. The molecular weight excluding hydrogens is 1020 g/mol. The van der Waals surface area contributed by atoms with Crippen molar-refractivity contribution in [3.8, 4) is 0 Å². The molecule has 6 nitrogen and oxygen atoms in total. The Morgan fingerprint density at radius 1 is 0.241 bits per heavy atom. The van der Waals surface area contributed by atoms with Crippen molar-refractivity contribution in [2.45, 2.75) is 425 Å².